The van der Waals surface area contributed by atoms with Crippen LogP contribution in [0.2, 0.25) is 0 Å². The molecule has 1 aliphatic heterocycles. The Morgan fingerprint density at radius 2 is 2.14 bits per heavy atom. The fourth-order valence-corrected chi connectivity index (χ4v) is 0.568. The molecule has 2 N–H and O–H groups in total. The number of nitrogens with one attached hydrogen (secondary N) is 2. The van der Waals surface area contributed by atoms with E-state index in [-0.39, 0.29) is 0 Å². The smallest absolute Gasteiger partial charge is 0.0858 e. The third kappa shape index (κ3) is 1.14. The predicted octanol–water partition coefficient (Wildman–Crippen LogP) is 0.466. The summed E-state index contributed by atoms with van der Waals surface area (Å²) in [5.41, 5.74) is 6.07. The quantitative estimate of drug-likeness (QED) is 0.495. The van der Waals surface area contributed by atoms with Crippen LogP contribution in [-0.2, 0) is 0 Å². The van der Waals surface area contributed by atoms with E-state index in [2.05, 4.69) is 24.7 Å². The van der Waals surface area contributed by atoms with Crippen molar-refractivity contribution >= 4 is 0 Å². The standard InChI is InChI=1S/C5H12N2/c1-3-4(2)5-6-7-5/h4-7H,3H2,1-2H3. The molecule has 42 valence electrons. The fraction of sp³-hybridized carbons (Fsp3) is 1.00. The molecular formula is C5H12N2. The van der Waals surface area contributed by atoms with Crippen molar-refractivity contribution in [2.45, 2.75) is 26.4 Å². The van der Waals surface area contributed by atoms with Gasteiger partial charge in [0.15, 0.2) is 0 Å². The molecule has 1 atom stereocenters. The van der Waals surface area contributed by atoms with E-state index in [1.165, 1.54) is 6.42 Å². The van der Waals surface area contributed by atoms with Gasteiger partial charge in [-0.2, -0.15) is 0 Å². The Morgan fingerprint density at radius 3 is 2.29 bits per heavy atom. The number of hydrogen-bond acceptors (Lipinski definition) is 2. The summed E-state index contributed by atoms with van der Waals surface area (Å²) in [6.07, 6.45) is 1.87. The second kappa shape index (κ2) is 1.80. The first-order valence-corrected chi connectivity index (χ1v) is 2.85. The zero-order valence-electron chi connectivity index (χ0n) is 4.86. The van der Waals surface area contributed by atoms with Gasteiger partial charge in [0.1, 0.15) is 0 Å². The molecule has 1 unspecified atom stereocenters. The lowest BCUT2D eigenvalue weighted by molar-refractivity contribution is 0.540. The van der Waals surface area contributed by atoms with E-state index in [1.807, 2.05) is 0 Å². The summed E-state index contributed by atoms with van der Waals surface area (Å²) in [5.74, 6) is 0.792. The summed E-state index contributed by atoms with van der Waals surface area (Å²) < 4.78 is 0. The highest BCUT2D eigenvalue weighted by atomic mass is 15.6. The predicted molar refractivity (Wildman–Crippen MR) is 29.5 cm³/mol. The highest BCUT2D eigenvalue weighted by Gasteiger charge is 2.24. The van der Waals surface area contributed by atoms with E-state index < -0.39 is 0 Å². The van der Waals surface area contributed by atoms with Gasteiger partial charge in [-0.25, -0.2) is 10.9 Å². The van der Waals surface area contributed by atoms with E-state index in [4.69, 9.17) is 0 Å². The van der Waals surface area contributed by atoms with Crippen LogP contribution in [-0.4, -0.2) is 6.17 Å². The van der Waals surface area contributed by atoms with Crippen molar-refractivity contribution in [1.82, 2.24) is 10.9 Å². The van der Waals surface area contributed by atoms with Crippen LogP contribution in [0.25, 0.3) is 0 Å². The molecule has 0 aromatic rings. The van der Waals surface area contributed by atoms with Crippen molar-refractivity contribution < 1.29 is 0 Å². The lowest BCUT2D eigenvalue weighted by Crippen LogP contribution is -2.05. The molecule has 0 saturated carbocycles. The normalized spacial score (nSPS) is 24.9. The maximum absolute atomic E-state index is 3.04. The summed E-state index contributed by atoms with van der Waals surface area (Å²) >= 11 is 0. The van der Waals surface area contributed by atoms with Crippen LogP contribution in [0.4, 0.5) is 0 Å². The molecule has 1 saturated heterocycles. The lowest BCUT2D eigenvalue weighted by atomic mass is 10.1. The minimum absolute atomic E-state index is 0.616. The molecule has 0 bridgehead atoms. The van der Waals surface area contributed by atoms with Crippen molar-refractivity contribution in [3.63, 3.8) is 0 Å². The highest BCUT2D eigenvalue weighted by Crippen LogP contribution is 2.08. The molecule has 0 amide bonds. The van der Waals surface area contributed by atoms with Crippen LogP contribution in [0.15, 0.2) is 0 Å². The van der Waals surface area contributed by atoms with Gasteiger partial charge in [0.05, 0.1) is 6.17 Å². The topological polar surface area (TPSA) is 43.9 Å². The molecule has 1 rings (SSSR count). The Balaban J connectivity index is 2.10. The Morgan fingerprint density at radius 1 is 1.57 bits per heavy atom. The van der Waals surface area contributed by atoms with Crippen molar-refractivity contribution in [3.05, 3.63) is 0 Å². The van der Waals surface area contributed by atoms with Gasteiger partial charge in [0, 0.05) is 0 Å². The molecule has 0 aromatic carbocycles. The van der Waals surface area contributed by atoms with E-state index in [0.29, 0.717) is 6.17 Å². The first-order chi connectivity index (χ1) is 3.34. The fourth-order valence-electron chi connectivity index (χ4n) is 0.568. The number of rotatable bonds is 2. The lowest BCUT2D eigenvalue weighted by Gasteiger charge is -1.98. The molecular weight excluding hydrogens is 88.1 g/mol. The van der Waals surface area contributed by atoms with Gasteiger partial charge >= 0.3 is 0 Å². The van der Waals surface area contributed by atoms with Crippen LogP contribution < -0.4 is 10.9 Å². The van der Waals surface area contributed by atoms with Crippen molar-refractivity contribution in [1.29, 1.82) is 0 Å². The molecule has 2 heteroatoms. The molecule has 0 aromatic heterocycles. The zero-order valence-corrected chi connectivity index (χ0v) is 4.86. The molecule has 0 spiro atoms. The summed E-state index contributed by atoms with van der Waals surface area (Å²) in [6.45, 7) is 4.43. The second-order valence-corrected chi connectivity index (χ2v) is 2.15. The molecule has 0 aliphatic carbocycles. The Kier molecular flexibility index (Phi) is 1.30. The van der Waals surface area contributed by atoms with Gasteiger partial charge in [-0.1, -0.05) is 20.3 Å². The third-order valence-corrected chi connectivity index (χ3v) is 1.52. The van der Waals surface area contributed by atoms with E-state index >= 15 is 0 Å². The van der Waals surface area contributed by atoms with E-state index in [9.17, 15) is 0 Å². The highest BCUT2D eigenvalue weighted by molar-refractivity contribution is 4.76. The minimum atomic E-state index is 0.616. The van der Waals surface area contributed by atoms with Crippen LogP contribution in [0.1, 0.15) is 20.3 Å². The van der Waals surface area contributed by atoms with Crippen molar-refractivity contribution in [2.24, 2.45) is 5.92 Å². The summed E-state index contributed by atoms with van der Waals surface area (Å²) in [5, 5.41) is 0. The molecule has 2 nitrogen and oxygen atoms in total. The second-order valence-electron chi connectivity index (χ2n) is 2.15. The SMILES string of the molecule is CCC(C)C1NN1. The van der Waals surface area contributed by atoms with Crippen LogP contribution >= 0.6 is 0 Å². The van der Waals surface area contributed by atoms with Crippen molar-refractivity contribution in [3.8, 4) is 0 Å². The first kappa shape index (κ1) is 5.06. The number of hydrazine groups is 1. The molecule has 0 radical (unpaired) electrons. The molecule has 1 fully saturated rings. The van der Waals surface area contributed by atoms with Gasteiger partial charge in [-0.05, 0) is 5.92 Å². The first-order valence-electron chi connectivity index (χ1n) is 2.85. The van der Waals surface area contributed by atoms with Gasteiger partial charge in [-0.3, -0.25) is 0 Å². The maximum atomic E-state index is 3.04. The van der Waals surface area contributed by atoms with Crippen molar-refractivity contribution in [2.75, 3.05) is 0 Å². The Hall–Kier alpha value is -0.0800. The maximum Gasteiger partial charge on any atom is 0.0858 e. The zero-order chi connectivity index (χ0) is 5.28. The van der Waals surface area contributed by atoms with Gasteiger partial charge in [0.25, 0.3) is 0 Å². The number of hydrogen-bond donors (Lipinski definition) is 2. The van der Waals surface area contributed by atoms with Crippen LogP contribution in [0.3, 0.4) is 0 Å². The van der Waals surface area contributed by atoms with E-state index in [0.717, 1.165) is 5.92 Å². The average molecular weight is 100 g/mol. The van der Waals surface area contributed by atoms with Crippen LogP contribution in [0, 0.1) is 5.92 Å². The molecule has 1 aliphatic rings. The molecule has 7 heavy (non-hydrogen) atoms. The Labute approximate surface area is 44.3 Å². The minimum Gasteiger partial charge on any atom is -0.238 e. The molecule has 1 heterocycles. The Bertz CT molecular complexity index is 59.1. The van der Waals surface area contributed by atoms with Gasteiger partial charge in [0.2, 0.25) is 0 Å². The third-order valence-electron chi connectivity index (χ3n) is 1.52. The van der Waals surface area contributed by atoms with Crippen LogP contribution in [0.5, 0.6) is 0 Å². The summed E-state index contributed by atoms with van der Waals surface area (Å²) in [6, 6.07) is 0. The van der Waals surface area contributed by atoms with Gasteiger partial charge < -0.3 is 0 Å². The largest absolute Gasteiger partial charge is 0.238 e. The van der Waals surface area contributed by atoms with E-state index in [1.54, 1.807) is 0 Å². The van der Waals surface area contributed by atoms with Gasteiger partial charge in [-0.15, -0.1) is 0 Å². The summed E-state index contributed by atoms with van der Waals surface area (Å²) in [4.78, 5) is 0. The summed E-state index contributed by atoms with van der Waals surface area (Å²) in [7, 11) is 0. The average Bonchev–Trinajstić information content (AvgIpc) is 2.44. The monoisotopic (exact) mass is 100 g/mol.